The van der Waals surface area contributed by atoms with Crippen LogP contribution in [-0.2, 0) is 10.0 Å². The summed E-state index contributed by atoms with van der Waals surface area (Å²) in [6.07, 6.45) is 4.36. The molecule has 1 aromatic heterocycles. The molecule has 27 heavy (non-hydrogen) atoms. The van der Waals surface area contributed by atoms with Crippen molar-refractivity contribution < 1.29 is 17.2 Å². The summed E-state index contributed by atoms with van der Waals surface area (Å²) in [6, 6.07) is 2.28. The van der Waals surface area contributed by atoms with Crippen LogP contribution in [0.4, 0.5) is 19.6 Å². The van der Waals surface area contributed by atoms with E-state index in [4.69, 9.17) is 11.6 Å². The van der Waals surface area contributed by atoms with Crippen LogP contribution in [0.1, 0.15) is 19.3 Å². The van der Waals surface area contributed by atoms with Crippen molar-refractivity contribution in [2.24, 2.45) is 5.92 Å². The zero-order valence-corrected chi connectivity index (χ0v) is 16.8. The molecule has 0 spiro atoms. The molecule has 1 aromatic carbocycles. The van der Waals surface area contributed by atoms with E-state index in [1.165, 1.54) is 12.8 Å². The van der Waals surface area contributed by atoms with Crippen LogP contribution in [0.15, 0.2) is 23.2 Å². The van der Waals surface area contributed by atoms with Crippen LogP contribution < -0.4 is 15.4 Å². The van der Waals surface area contributed by atoms with Gasteiger partial charge in [0.05, 0.1) is 16.9 Å². The Hall–Kier alpha value is -1.49. The molecule has 1 atom stereocenters. The minimum absolute atomic E-state index is 0.0726. The number of rotatable bonds is 9. The van der Waals surface area contributed by atoms with Crippen molar-refractivity contribution >= 4 is 43.8 Å². The van der Waals surface area contributed by atoms with E-state index < -0.39 is 25.9 Å². The molecule has 1 fully saturated rings. The van der Waals surface area contributed by atoms with Gasteiger partial charge < -0.3 is 10.6 Å². The van der Waals surface area contributed by atoms with Gasteiger partial charge in [0, 0.05) is 12.6 Å². The van der Waals surface area contributed by atoms with Crippen LogP contribution in [0, 0.1) is 16.9 Å². The lowest BCUT2D eigenvalue weighted by Gasteiger charge is -2.18. The van der Waals surface area contributed by atoms with Gasteiger partial charge in [-0.25, -0.2) is 17.8 Å². The minimum Gasteiger partial charge on any atom is -0.382 e. The van der Waals surface area contributed by atoms with E-state index in [-0.39, 0.29) is 16.2 Å². The fourth-order valence-electron chi connectivity index (χ4n) is 2.63. The summed E-state index contributed by atoms with van der Waals surface area (Å²) in [7, 11) is -2.42. The molecule has 0 radical (unpaired) electrons. The van der Waals surface area contributed by atoms with Crippen molar-refractivity contribution in [3.8, 4) is 0 Å². The minimum atomic E-state index is -4.28. The summed E-state index contributed by atoms with van der Waals surface area (Å²) >= 11 is 6.65. The first-order chi connectivity index (χ1) is 12.8. The Morgan fingerprint density at radius 2 is 2.11 bits per heavy atom. The van der Waals surface area contributed by atoms with Crippen LogP contribution in [0.3, 0.4) is 0 Å². The second-order valence-electron chi connectivity index (χ2n) is 6.38. The van der Waals surface area contributed by atoms with Gasteiger partial charge in [-0.1, -0.05) is 35.8 Å². The fraction of sp³-hybridized carbons (Fsp3) is 0.438. The van der Waals surface area contributed by atoms with Gasteiger partial charge in [-0.05, 0) is 31.5 Å². The van der Waals surface area contributed by atoms with Gasteiger partial charge in [-0.15, -0.1) is 0 Å². The van der Waals surface area contributed by atoms with E-state index in [2.05, 4.69) is 15.6 Å². The number of hydrogen-bond acceptors (Lipinski definition) is 6. The van der Waals surface area contributed by atoms with E-state index in [9.17, 15) is 17.2 Å². The van der Waals surface area contributed by atoms with Crippen molar-refractivity contribution in [2.75, 3.05) is 23.6 Å². The molecule has 0 saturated heterocycles. The quantitative estimate of drug-likeness (QED) is 0.558. The van der Waals surface area contributed by atoms with Gasteiger partial charge in [-0.2, -0.15) is 4.39 Å². The molecule has 3 rings (SSSR count). The monoisotopic (exact) mass is 436 g/mol. The van der Waals surface area contributed by atoms with Crippen LogP contribution in [-0.4, -0.2) is 33.0 Å². The molecule has 148 valence electrons. The number of likely N-dealkylation sites (N-methyl/N-ethyl adjacent to an activating group) is 1. The van der Waals surface area contributed by atoms with Gasteiger partial charge in [0.15, 0.2) is 10.3 Å². The number of thiazole rings is 1. The summed E-state index contributed by atoms with van der Waals surface area (Å²) < 4.78 is 54.1. The highest BCUT2D eigenvalue weighted by molar-refractivity contribution is 7.93. The number of benzene rings is 1. The van der Waals surface area contributed by atoms with Crippen LogP contribution >= 0.6 is 22.9 Å². The Morgan fingerprint density at radius 1 is 1.37 bits per heavy atom. The molecule has 1 aliphatic carbocycles. The largest absolute Gasteiger partial charge is 0.382 e. The maximum atomic E-state index is 14.4. The molecule has 1 heterocycles. The van der Waals surface area contributed by atoms with E-state index >= 15 is 0 Å². The molecule has 6 nitrogen and oxygen atoms in total. The summed E-state index contributed by atoms with van der Waals surface area (Å²) in [6.45, 7) is 0.537. The lowest BCUT2D eigenvalue weighted by molar-refractivity contribution is 0.511. The summed E-state index contributed by atoms with van der Waals surface area (Å²) in [5, 5.41) is 5.48. The number of hydrogen-bond donors (Lipinski definition) is 3. The van der Waals surface area contributed by atoms with Gasteiger partial charge in [0.2, 0.25) is 0 Å². The molecule has 1 saturated carbocycles. The number of nitrogens with one attached hydrogen (secondary N) is 3. The highest BCUT2D eigenvalue weighted by atomic mass is 35.5. The number of halogens is 3. The Morgan fingerprint density at radius 3 is 2.70 bits per heavy atom. The van der Waals surface area contributed by atoms with Crippen LogP contribution in [0.5, 0.6) is 0 Å². The van der Waals surface area contributed by atoms with Gasteiger partial charge in [-0.3, -0.25) is 4.72 Å². The molecule has 0 bridgehead atoms. The Balaban J connectivity index is 1.73. The third kappa shape index (κ3) is 5.28. The van der Waals surface area contributed by atoms with Gasteiger partial charge in [0.25, 0.3) is 10.0 Å². The maximum absolute atomic E-state index is 14.4. The first-order valence-electron chi connectivity index (χ1n) is 8.33. The number of anilines is 2. The summed E-state index contributed by atoms with van der Waals surface area (Å²) in [5.41, 5.74) is 0.310. The van der Waals surface area contributed by atoms with Gasteiger partial charge in [0.1, 0.15) is 10.7 Å². The maximum Gasteiger partial charge on any atom is 0.266 e. The molecule has 11 heteroatoms. The fourth-order valence-corrected chi connectivity index (χ4v) is 4.80. The predicted molar refractivity (Wildman–Crippen MR) is 103 cm³/mol. The molecule has 2 aromatic rings. The third-order valence-electron chi connectivity index (χ3n) is 4.27. The molecule has 0 amide bonds. The number of nitrogens with zero attached hydrogens (tertiary/aromatic N) is 1. The van der Waals surface area contributed by atoms with E-state index in [1.54, 1.807) is 0 Å². The number of aromatic nitrogens is 1. The second-order valence-corrected chi connectivity index (χ2v) is 9.42. The van der Waals surface area contributed by atoms with Crippen molar-refractivity contribution in [2.45, 2.75) is 30.2 Å². The molecule has 1 unspecified atom stereocenters. The van der Waals surface area contributed by atoms with Crippen LogP contribution in [0.2, 0.25) is 5.02 Å². The van der Waals surface area contributed by atoms with Crippen molar-refractivity contribution in [1.29, 1.82) is 0 Å². The summed E-state index contributed by atoms with van der Waals surface area (Å²) in [5.74, 6) is -0.236. The number of sulfonamides is 1. The molecular weight excluding hydrogens is 418 g/mol. The standard InChI is InChI=1S/C16H19ClF2N4O2S2/c1-20-10(4-9-2-3-9)7-21-13-6-12(18)14(5-11(13)17)27(24,25)23-16-22-8-15(19)26-16/h5-6,8-10,20-21H,2-4,7H2,1H3,(H,22,23). The second kappa shape index (κ2) is 8.26. The molecule has 0 aliphatic heterocycles. The summed E-state index contributed by atoms with van der Waals surface area (Å²) in [4.78, 5) is 2.93. The first kappa shape index (κ1) is 20.2. The topological polar surface area (TPSA) is 83.1 Å². The highest BCUT2D eigenvalue weighted by Gasteiger charge is 2.26. The third-order valence-corrected chi connectivity index (χ3v) is 6.77. The van der Waals surface area contributed by atoms with E-state index in [0.717, 1.165) is 30.7 Å². The first-order valence-corrected chi connectivity index (χ1v) is 11.0. The average molecular weight is 437 g/mol. The average Bonchev–Trinajstić information content (AvgIpc) is 3.34. The lowest BCUT2D eigenvalue weighted by atomic mass is 10.1. The zero-order valence-electron chi connectivity index (χ0n) is 14.4. The van der Waals surface area contributed by atoms with Crippen molar-refractivity contribution in [3.05, 3.63) is 34.3 Å². The molecular formula is C16H19ClF2N4O2S2. The predicted octanol–water partition coefficient (Wildman–Crippen LogP) is 3.68. The van der Waals surface area contributed by atoms with Crippen LogP contribution in [0.25, 0.3) is 0 Å². The Bertz CT molecular complexity index is 919. The Kier molecular flexibility index (Phi) is 6.19. The van der Waals surface area contributed by atoms with Gasteiger partial charge >= 0.3 is 0 Å². The Labute approximate surface area is 165 Å². The normalized spacial score (nSPS) is 15.6. The molecule has 3 N–H and O–H groups in total. The molecule has 1 aliphatic rings. The van der Waals surface area contributed by atoms with Crippen molar-refractivity contribution in [1.82, 2.24) is 10.3 Å². The zero-order chi connectivity index (χ0) is 19.6. The highest BCUT2D eigenvalue weighted by Crippen LogP contribution is 2.34. The SMILES string of the molecule is CNC(CNc1cc(F)c(S(=O)(=O)Nc2ncc(F)s2)cc1Cl)CC1CC1. The van der Waals surface area contributed by atoms with E-state index in [1.807, 2.05) is 11.8 Å². The van der Waals surface area contributed by atoms with Crippen molar-refractivity contribution in [3.63, 3.8) is 0 Å². The van der Waals surface area contributed by atoms with E-state index in [0.29, 0.717) is 23.6 Å². The lowest BCUT2D eigenvalue weighted by Crippen LogP contribution is -2.33. The smallest absolute Gasteiger partial charge is 0.266 e.